The van der Waals surface area contributed by atoms with Crippen LogP contribution in [0.5, 0.6) is 0 Å². The lowest BCUT2D eigenvalue weighted by Gasteiger charge is -2.29. The molecule has 3 nitrogen and oxygen atoms in total. The van der Waals surface area contributed by atoms with E-state index in [2.05, 4.69) is 192 Å². The molecule has 0 aliphatic rings. The Kier molecular flexibility index (Phi) is 7.04. The Bertz CT molecular complexity index is 3180. The number of nitrogens with zero attached hydrogens (tertiary/aromatic N) is 2. The number of hydrogen-bond acceptors (Lipinski definition) is 4. The van der Waals surface area contributed by atoms with Crippen molar-refractivity contribution in [2.75, 3.05) is 9.80 Å². The second kappa shape index (κ2) is 12.4. The van der Waals surface area contributed by atoms with Crippen LogP contribution in [0.25, 0.3) is 63.7 Å². The maximum absolute atomic E-state index is 6.44. The first-order valence-corrected chi connectivity index (χ1v) is 19.1. The molecule has 0 radical (unpaired) electrons. The molecule has 11 rings (SSSR count). The van der Waals surface area contributed by atoms with Crippen LogP contribution in [0.4, 0.5) is 34.1 Å². The van der Waals surface area contributed by atoms with Crippen molar-refractivity contribution in [2.45, 2.75) is 0 Å². The van der Waals surface area contributed by atoms with Crippen molar-refractivity contribution < 1.29 is 4.42 Å². The van der Waals surface area contributed by atoms with Crippen molar-refractivity contribution in [3.63, 3.8) is 0 Å². The largest absolute Gasteiger partial charge is 0.456 e. The Morgan fingerprint density at radius 2 is 0.870 bits per heavy atom. The molecule has 0 bridgehead atoms. The van der Waals surface area contributed by atoms with E-state index >= 15 is 0 Å². The van der Waals surface area contributed by atoms with Crippen LogP contribution in [0.15, 0.2) is 199 Å². The van der Waals surface area contributed by atoms with Crippen molar-refractivity contribution in [3.05, 3.63) is 194 Å². The molecule has 9 aromatic carbocycles. The van der Waals surface area contributed by atoms with Crippen LogP contribution in [0.3, 0.4) is 0 Å². The molecule has 0 unspecified atom stereocenters. The van der Waals surface area contributed by atoms with E-state index in [-0.39, 0.29) is 0 Å². The standard InChI is InChI=1S/C50H32N2OS/c1-3-14-34(15-4-1)51(38-25-28-44-43-20-10-12-22-49(43)54-50(44)32-38)36-23-26-40-39-18-8-7-13-33(39)29-46(45(40)30-36)52(35-16-5-2-6-17-35)37-24-27-42-41-19-9-11-21-47(41)53-48(42)31-37/h1-32H. The van der Waals surface area contributed by atoms with Gasteiger partial charge >= 0.3 is 0 Å². The number of benzene rings is 9. The van der Waals surface area contributed by atoms with Gasteiger partial charge in [0.15, 0.2) is 0 Å². The van der Waals surface area contributed by atoms with Gasteiger partial charge in [-0.15, -0.1) is 11.3 Å². The molecule has 0 N–H and O–H groups in total. The molecule has 2 heterocycles. The minimum atomic E-state index is 0.868. The fourth-order valence-corrected chi connectivity index (χ4v) is 9.27. The van der Waals surface area contributed by atoms with Gasteiger partial charge in [0.05, 0.1) is 5.69 Å². The topological polar surface area (TPSA) is 19.6 Å². The van der Waals surface area contributed by atoms with E-state index in [0.717, 1.165) is 61.4 Å². The van der Waals surface area contributed by atoms with Crippen molar-refractivity contribution in [3.8, 4) is 0 Å². The van der Waals surface area contributed by atoms with Gasteiger partial charge in [0.2, 0.25) is 0 Å². The van der Waals surface area contributed by atoms with E-state index in [1.165, 1.54) is 36.3 Å². The molecule has 0 saturated heterocycles. The predicted molar refractivity (Wildman–Crippen MR) is 231 cm³/mol. The Hall–Kier alpha value is -6.88. The molecule has 0 aliphatic carbocycles. The first kappa shape index (κ1) is 30.7. The SMILES string of the molecule is c1ccc(N(c2ccc3c(c2)sc2ccccc23)c2ccc3c(c2)c(N(c2ccccc2)c2ccc4c(c2)oc2ccccc24)cc2ccccc23)cc1. The van der Waals surface area contributed by atoms with E-state index in [1.54, 1.807) is 0 Å². The third kappa shape index (κ3) is 4.96. The summed E-state index contributed by atoms with van der Waals surface area (Å²) in [6.45, 7) is 0. The predicted octanol–water partition coefficient (Wildman–Crippen LogP) is 15.2. The van der Waals surface area contributed by atoms with Crippen LogP contribution >= 0.6 is 11.3 Å². The van der Waals surface area contributed by atoms with Crippen LogP contribution in [-0.2, 0) is 0 Å². The molecule has 0 spiro atoms. The first-order valence-electron chi connectivity index (χ1n) is 18.3. The van der Waals surface area contributed by atoms with Crippen molar-refractivity contribution >= 4 is 109 Å². The van der Waals surface area contributed by atoms with Crippen LogP contribution in [0.2, 0.25) is 0 Å². The summed E-state index contributed by atoms with van der Waals surface area (Å²) in [5.41, 5.74) is 8.28. The quantitative estimate of drug-likeness (QED) is 0.160. The summed E-state index contributed by atoms with van der Waals surface area (Å²) in [6.07, 6.45) is 0. The molecule has 254 valence electrons. The van der Waals surface area contributed by atoms with Gasteiger partial charge in [-0.25, -0.2) is 0 Å². The molecule has 0 fully saturated rings. The third-order valence-corrected chi connectivity index (χ3v) is 11.7. The Morgan fingerprint density at radius 1 is 0.315 bits per heavy atom. The highest BCUT2D eigenvalue weighted by atomic mass is 32.1. The van der Waals surface area contributed by atoms with Crippen molar-refractivity contribution in [2.24, 2.45) is 0 Å². The fourth-order valence-electron chi connectivity index (χ4n) is 8.13. The zero-order valence-electron chi connectivity index (χ0n) is 29.2. The molecule has 0 saturated carbocycles. The van der Waals surface area contributed by atoms with Gasteiger partial charge in [0.25, 0.3) is 0 Å². The summed E-state index contributed by atoms with van der Waals surface area (Å²) in [4.78, 5) is 4.76. The van der Waals surface area contributed by atoms with Gasteiger partial charge in [-0.2, -0.15) is 0 Å². The lowest BCUT2D eigenvalue weighted by atomic mass is 9.97. The maximum Gasteiger partial charge on any atom is 0.137 e. The number of rotatable bonds is 6. The highest BCUT2D eigenvalue weighted by Crippen LogP contribution is 2.46. The zero-order valence-corrected chi connectivity index (χ0v) is 30.0. The maximum atomic E-state index is 6.44. The summed E-state index contributed by atoms with van der Waals surface area (Å²) < 4.78 is 9.02. The molecular formula is C50H32N2OS. The molecule has 0 amide bonds. The first-order chi connectivity index (χ1) is 26.8. The normalized spacial score (nSPS) is 11.7. The Morgan fingerprint density at radius 3 is 1.67 bits per heavy atom. The van der Waals surface area contributed by atoms with Crippen LogP contribution in [0, 0.1) is 0 Å². The lowest BCUT2D eigenvalue weighted by molar-refractivity contribution is 0.669. The van der Waals surface area contributed by atoms with E-state index in [4.69, 9.17) is 4.42 Å². The average molecular weight is 709 g/mol. The van der Waals surface area contributed by atoms with E-state index in [1.807, 2.05) is 23.5 Å². The van der Waals surface area contributed by atoms with Gasteiger partial charge in [-0.3, -0.25) is 0 Å². The van der Waals surface area contributed by atoms with Gasteiger partial charge in [0, 0.05) is 70.8 Å². The van der Waals surface area contributed by atoms with Crippen molar-refractivity contribution in [1.82, 2.24) is 0 Å². The second-order valence-corrected chi connectivity index (χ2v) is 14.8. The monoisotopic (exact) mass is 708 g/mol. The minimum Gasteiger partial charge on any atom is -0.456 e. The number of para-hydroxylation sites is 3. The number of hydrogen-bond donors (Lipinski definition) is 0. The minimum absolute atomic E-state index is 0.868. The zero-order chi connectivity index (χ0) is 35.6. The number of anilines is 6. The summed E-state index contributed by atoms with van der Waals surface area (Å²) in [5.74, 6) is 0. The molecule has 0 atom stereocenters. The summed E-state index contributed by atoms with van der Waals surface area (Å²) >= 11 is 1.85. The van der Waals surface area contributed by atoms with E-state index < -0.39 is 0 Å². The molecule has 11 aromatic rings. The Labute approximate surface area is 316 Å². The van der Waals surface area contributed by atoms with Crippen LogP contribution < -0.4 is 9.80 Å². The average Bonchev–Trinajstić information content (AvgIpc) is 3.79. The molecule has 4 heteroatoms. The highest BCUT2D eigenvalue weighted by molar-refractivity contribution is 7.25. The molecule has 2 aromatic heterocycles. The third-order valence-electron chi connectivity index (χ3n) is 10.6. The summed E-state index contributed by atoms with van der Waals surface area (Å²) in [7, 11) is 0. The fraction of sp³-hybridized carbons (Fsp3) is 0. The number of furan rings is 1. The van der Waals surface area contributed by atoms with Gasteiger partial charge in [-0.05, 0) is 95.0 Å². The van der Waals surface area contributed by atoms with Crippen molar-refractivity contribution in [1.29, 1.82) is 0 Å². The number of thiophene rings is 1. The molecular weight excluding hydrogens is 677 g/mol. The van der Waals surface area contributed by atoms with Crippen LogP contribution in [-0.4, -0.2) is 0 Å². The van der Waals surface area contributed by atoms with Gasteiger partial charge in [0.1, 0.15) is 11.2 Å². The van der Waals surface area contributed by atoms with E-state index in [9.17, 15) is 0 Å². The smallest absolute Gasteiger partial charge is 0.137 e. The highest BCUT2D eigenvalue weighted by Gasteiger charge is 2.21. The Balaban J connectivity index is 1.16. The van der Waals surface area contributed by atoms with E-state index in [0.29, 0.717) is 0 Å². The molecule has 54 heavy (non-hydrogen) atoms. The summed E-state index contributed by atoms with van der Waals surface area (Å²) in [5, 5.41) is 9.60. The number of fused-ring (bicyclic) bond motifs is 9. The van der Waals surface area contributed by atoms with Crippen LogP contribution in [0.1, 0.15) is 0 Å². The lowest BCUT2D eigenvalue weighted by Crippen LogP contribution is -2.12. The van der Waals surface area contributed by atoms with Gasteiger partial charge < -0.3 is 14.2 Å². The van der Waals surface area contributed by atoms with Gasteiger partial charge in [-0.1, -0.05) is 109 Å². The second-order valence-electron chi connectivity index (χ2n) is 13.7. The summed E-state index contributed by atoms with van der Waals surface area (Å²) in [6, 6.07) is 69.8. The molecule has 0 aliphatic heterocycles.